The van der Waals surface area contributed by atoms with Crippen LogP contribution < -0.4 is 10.9 Å². The molecule has 124 valence electrons. The smallest absolute Gasteiger partial charge is 0.275 e. The third kappa shape index (κ3) is 2.79. The Morgan fingerprint density at radius 1 is 1.29 bits per heavy atom. The Hall–Kier alpha value is -1.96. The van der Waals surface area contributed by atoms with Crippen molar-refractivity contribution in [3.63, 3.8) is 0 Å². The van der Waals surface area contributed by atoms with Crippen molar-refractivity contribution in [3.05, 3.63) is 57.5 Å². The van der Waals surface area contributed by atoms with Gasteiger partial charge >= 0.3 is 0 Å². The third-order valence-electron chi connectivity index (χ3n) is 4.34. The van der Waals surface area contributed by atoms with Gasteiger partial charge in [0.05, 0.1) is 6.04 Å². The summed E-state index contributed by atoms with van der Waals surface area (Å²) in [5.41, 5.74) is 1.05. The molecule has 1 aliphatic rings. The molecular formula is C16H16ClN5OS. The van der Waals surface area contributed by atoms with Crippen LogP contribution in [0.2, 0.25) is 5.02 Å². The van der Waals surface area contributed by atoms with Crippen molar-refractivity contribution >= 4 is 33.0 Å². The molecule has 0 radical (unpaired) electrons. The second kappa shape index (κ2) is 6.16. The lowest BCUT2D eigenvalue weighted by Gasteiger charge is -2.26. The lowest BCUT2D eigenvalue weighted by molar-refractivity contribution is 0.309. The van der Waals surface area contributed by atoms with Crippen molar-refractivity contribution in [1.82, 2.24) is 19.5 Å². The Balaban J connectivity index is 1.63. The highest BCUT2D eigenvalue weighted by Crippen LogP contribution is 2.34. The fourth-order valence-electron chi connectivity index (χ4n) is 3.21. The number of hydrogen-bond acceptors (Lipinski definition) is 6. The molecule has 2 aromatic heterocycles. The van der Waals surface area contributed by atoms with Crippen molar-refractivity contribution in [3.8, 4) is 0 Å². The van der Waals surface area contributed by atoms with Crippen molar-refractivity contribution in [2.75, 3.05) is 18.9 Å². The molecule has 8 heteroatoms. The van der Waals surface area contributed by atoms with Crippen LogP contribution in [0, 0.1) is 0 Å². The molecule has 0 bridgehead atoms. The number of fused-ring (bicyclic) bond motifs is 1. The van der Waals surface area contributed by atoms with Crippen molar-refractivity contribution in [2.45, 2.75) is 18.5 Å². The van der Waals surface area contributed by atoms with Crippen LogP contribution >= 0.6 is 22.9 Å². The van der Waals surface area contributed by atoms with E-state index >= 15 is 0 Å². The number of likely N-dealkylation sites (N-methyl/N-ethyl adjacent to an activating group) is 1. The molecule has 6 nitrogen and oxygen atoms in total. The van der Waals surface area contributed by atoms with Gasteiger partial charge in [-0.3, -0.25) is 9.69 Å². The van der Waals surface area contributed by atoms with E-state index in [-0.39, 0.29) is 17.6 Å². The van der Waals surface area contributed by atoms with Crippen LogP contribution in [0.1, 0.15) is 18.0 Å². The summed E-state index contributed by atoms with van der Waals surface area (Å²) in [5.74, 6) is 0. The van der Waals surface area contributed by atoms with Gasteiger partial charge in [-0.1, -0.05) is 35.1 Å². The van der Waals surface area contributed by atoms with Gasteiger partial charge in [-0.25, -0.2) is 4.98 Å². The van der Waals surface area contributed by atoms with E-state index in [2.05, 4.69) is 39.5 Å². The molecule has 4 rings (SSSR count). The van der Waals surface area contributed by atoms with Crippen LogP contribution in [0.5, 0.6) is 0 Å². The first-order chi connectivity index (χ1) is 11.6. The molecule has 0 saturated carbocycles. The first-order valence-electron chi connectivity index (χ1n) is 7.69. The Morgan fingerprint density at radius 3 is 2.83 bits per heavy atom. The molecule has 1 aliphatic heterocycles. The average molecular weight is 362 g/mol. The van der Waals surface area contributed by atoms with Crippen LogP contribution in [0.3, 0.4) is 0 Å². The maximum atomic E-state index is 11.8. The summed E-state index contributed by atoms with van der Waals surface area (Å²) in [6, 6.07) is 9.83. The van der Waals surface area contributed by atoms with E-state index in [1.807, 2.05) is 12.1 Å². The average Bonchev–Trinajstić information content (AvgIpc) is 3.13. The first kappa shape index (κ1) is 15.6. The summed E-state index contributed by atoms with van der Waals surface area (Å²) in [4.78, 5) is 18.9. The van der Waals surface area contributed by atoms with Crippen molar-refractivity contribution in [2.24, 2.45) is 0 Å². The number of anilines is 1. The summed E-state index contributed by atoms with van der Waals surface area (Å²) in [6.07, 6.45) is 2.52. The van der Waals surface area contributed by atoms with E-state index in [4.69, 9.17) is 11.6 Å². The second-order valence-corrected chi connectivity index (χ2v) is 7.29. The van der Waals surface area contributed by atoms with E-state index in [1.54, 1.807) is 0 Å². The number of aromatic nitrogens is 3. The Bertz CT molecular complexity index is 922. The van der Waals surface area contributed by atoms with Gasteiger partial charge < -0.3 is 5.32 Å². The van der Waals surface area contributed by atoms with E-state index in [0.717, 1.165) is 18.0 Å². The summed E-state index contributed by atoms with van der Waals surface area (Å²) >= 11 is 7.39. The van der Waals surface area contributed by atoms with Crippen LogP contribution in [-0.2, 0) is 0 Å². The van der Waals surface area contributed by atoms with E-state index < -0.39 is 0 Å². The minimum atomic E-state index is -0.165. The predicted molar refractivity (Wildman–Crippen MR) is 96.0 cm³/mol. The normalized spacial score (nSPS) is 21.4. The van der Waals surface area contributed by atoms with Gasteiger partial charge in [-0.2, -0.15) is 4.52 Å². The zero-order valence-corrected chi connectivity index (χ0v) is 14.6. The lowest BCUT2D eigenvalue weighted by Crippen LogP contribution is -2.29. The number of rotatable bonds is 3. The van der Waals surface area contributed by atoms with Crippen LogP contribution in [0.4, 0.5) is 5.13 Å². The number of nitrogens with zero attached hydrogens (tertiary/aromatic N) is 4. The molecule has 1 fully saturated rings. The molecule has 1 N–H and O–H groups in total. The fraction of sp³-hybridized carbons (Fsp3) is 0.312. The van der Waals surface area contributed by atoms with Gasteiger partial charge in [0, 0.05) is 29.9 Å². The zero-order valence-electron chi connectivity index (χ0n) is 13.0. The van der Waals surface area contributed by atoms with Gasteiger partial charge in [-0.15, -0.1) is 5.10 Å². The highest BCUT2D eigenvalue weighted by Gasteiger charge is 2.33. The molecular weight excluding hydrogens is 346 g/mol. The largest absolute Gasteiger partial charge is 0.355 e. The van der Waals surface area contributed by atoms with Gasteiger partial charge in [0.15, 0.2) is 0 Å². The number of nitrogens with one attached hydrogen (secondary N) is 1. The highest BCUT2D eigenvalue weighted by atomic mass is 35.5. The highest BCUT2D eigenvalue weighted by molar-refractivity contribution is 7.20. The summed E-state index contributed by atoms with van der Waals surface area (Å²) in [6.45, 7) is 0.994. The van der Waals surface area contributed by atoms with E-state index in [0.29, 0.717) is 10.1 Å². The molecule has 2 atom stereocenters. The van der Waals surface area contributed by atoms with Crippen molar-refractivity contribution < 1.29 is 0 Å². The quantitative estimate of drug-likeness (QED) is 0.777. The number of hydrogen-bond donors (Lipinski definition) is 1. The standard InChI is InChI=1S/C16H16ClN5OS/c1-21-9-7-12(14(21)10-2-4-11(17)5-3-10)19-15-20-22-13(23)6-8-18-16(22)24-15/h2-6,8,12,14H,7,9H2,1H3,(H,19,20). The Kier molecular flexibility index (Phi) is 3.99. The monoisotopic (exact) mass is 361 g/mol. The Labute approximate surface area is 147 Å². The van der Waals surface area contributed by atoms with Crippen LogP contribution in [0.25, 0.3) is 4.96 Å². The molecule has 1 saturated heterocycles. The third-order valence-corrected chi connectivity index (χ3v) is 5.45. The lowest BCUT2D eigenvalue weighted by atomic mass is 10.0. The predicted octanol–water partition coefficient (Wildman–Crippen LogP) is 2.66. The molecule has 0 amide bonds. The maximum absolute atomic E-state index is 11.8. The molecule has 0 aliphatic carbocycles. The van der Waals surface area contributed by atoms with Gasteiger partial charge in [0.25, 0.3) is 5.56 Å². The summed E-state index contributed by atoms with van der Waals surface area (Å²) in [7, 11) is 2.12. The molecule has 2 unspecified atom stereocenters. The number of likely N-dealkylation sites (tertiary alicyclic amines) is 1. The minimum Gasteiger partial charge on any atom is -0.355 e. The summed E-state index contributed by atoms with van der Waals surface area (Å²) < 4.78 is 1.34. The first-order valence-corrected chi connectivity index (χ1v) is 8.88. The number of benzene rings is 1. The van der Waals surface area contributed by atoms with E-state index in [9.17, 15) is 4.79 Å². The zero-order chi connectivity index (χ0) is 16.7. The molecule has 0 spiro atoms. The number of halogens is 1. The molecule has 24 heavy (non-hydrogen) atoms. The van der Waals surface area contributed by atoms with Crippen LogP contribution in [-0.4, -0.2) is 39.1 Å². The van der Waals surface area contributed by atoms with Crippen LogP contribution in [0.15, 0.2) is 41.3 Å². The molecule has 3 heterocycles. The fourth-order valence-corrected chi connectivity index (χ4v) is 4.17. The summed E-state index contributed by atoms with van der Waals surface area (Å²) in [5, 5.41) is 9.29. The molecule has 3 aromatic rings. The van der Waals surface area contributed by atoms with E-state index in [1.165, 1.54) is 33.7 Å². The SMILES string of the molecule is CN1CCC(Nc2nn3c(=O)ccnc3s2)C1c1ccc(Cl)cc1. The van der Waals surface area contributed by atoms with Crippen molar-refractivity contribution in [1.29, 1.82) is 0 Å². The second-order valence-electron chi connectivity index (χ2n) is 5.90. The van der Waals surface area contributed by atoms with Gasteiger partial charge in [-0.05, 0) is 31.2 Å². The molecule has 1 aromatic carbocycles. The van der Waals surface area contributed by atoms with Gasteiger partial charge in [0.2, 0.25) is 10.1 Å². The maximum Gasteiger partial charge on any atom is 0.275 e. The Morgan fingerprint density at radius 2 is 2.08 bits per heavy atom. The topological polar surface area (TPSA) is 62.5 Å². The van der Waals surface area contributed by atoms with Gasteiger partial charge in [0.1, 0.15) is 0 Å². The minimum absolute atomic E-state index is 0.165.